The maximum Gasteiger partial charge on any atom is 0.131 e. The molecule has 0 aromatic heterocycles. The Morgan fingerprint density at radius 3 is 2.58 bits per heavy atom. The first-order valence-corrected chi connectivity index (χ1v) is 3.78. The van der Waals surface area contributed by atoms with Crippen molar-refractivity contribution in [2.24, 2.45) is 0 Å². The number of aromatic hydroxyl groups is 1. The molecule has 0 bridgehead atoms. The van der Waals surface area contributed by atoms with Gasteiger partial charge in [0.05, 0.1) is 0 Å². The predicted octanol–water partition coefficient (Wildman–Crippen LogP) is 1.79. The van der Waals surface area contributed by atoms with Gasteiger partial charge in [0.2, 0.25) is 0 Å². The summed E-state index contributed by atoms with van der Waals surface area (Å²) in [6.07, 6.45) is -1.26. The van der Waals surface area contributed by atoms with Crippen LogP contribution in [0.4, 0.5) is 4.39 Å². The van der Waals surface area contributed by atoms with E-state index in [-0.39, 0.29) is 24.3 Å². The van der Waals surface area contributed by atoms with E-state index in [0.29, 0.717) is 0 Å². The van der Waals surface area contributed by atoms with Crippen LogP contribution in [-0.4, -0.2) is 16.8 Å². The van der Waals surface area contributed by atoms with Crippen LogP contribution in [0.1, 0.15) is 18.2 Å². The van der Waals surface area contributed by atoms with Gasteiger partial charge >= 0.3 is 0 Å². The molecule has 2 N–H and O–H groups in total. The Bertz CT molecular complexity index is 250. The summed E-state index contributed by atoms with van der Waals surface area (Å²) < 4.78 is 13.1. The zero-order valence-electron chi connectivity index (χ0n) is 6.57. The van der Waals surface area contributed by atoms with E-state index in [1.165, 1.54) is 12.1 Å². The van der Waals surface area contributed by atoms with Gasteiger partial charge in [0.25, 0.3) is 0 Å². The van der Waals surface area contributed by atoms with E-state index in [0.717, 1.165) is 0 Å². The van der Waals surface area contributed by atoms with Gasteiger partial charge in [0.15, 0.2) is 0 Å². The molecule has 1 atom stereocenters. The minimum absolute atomic E-state index is 0.0254. The zero-order chi connectivity index (χ0) is 8.97. The quantitative estimate of drug-likeness (QED) is 0.726. The fraction of sp³-hybridized carbons (Fsp3) is 0.333. The summed E-state index contributed by atoms with van der Waals surface area (Å²) in [6, 6.07) is 6.22. The second-order valence-electron chi connectivity index (χ2n) is 2.54. The first kappa shape index (κ1) is 9.00. The Labute approximate surface area is 70.3 Å². The highest BCUT2D eigenvalue weighted by Gasteiger charge is 2.11. The summed E-state index contributed by atoms with van der Waals surface area (Å²) in [5.41, 5.74) is 0.242. The molecule has 0 amide bonds. The lowest BCUT2D eigenvalue weighted by Gasteiger charge is -2.07. The molecule has 0 saturated carbocycles. The van der Waals surface area contributed by atoms with Crippen molar-refractivity contribution in [3.8, 4) is 5.75 Å². The maximum atomic E-state index is 13.1. The zero-order valence-corrected chi connectivity index (χ0v) is 6.57. The van der Waals surface area contributed by atoms with Crippen LogP contribution in [0.15, 0.2) is 24.3 Å². The lowest BCUT2D eigenvalue weighted by Crippen LogP contribution is -1.95. The molecule has 1 rings (SSSR count). The number of alkyl halides is 1. The summed E-state index contributed by atoms with van der Waals surface area (Å²) in [4.78, 5) is 0. The fourth-order valence-electron chi connectivity index (χ4n) is 1.02. The lowest BCUT2D eigenvalue weighted by molar-refractivity contribution is 0.219. The monoisotopic (exact) mass is 170 g/mol. The van der Waals surface area contributed by atoms with E-state index in [2.05, 4.69) is 0 Å². The van der Waals surface area contributed by atoms with E-state index in [1.807, 2.05) is 0 Å². The third-order valence-corrected chi connectivity index (χ3v) is 1.66. The largest absolute Gasteiger partial charge is 0.508 e. The number of halogens is 1. The highest BCUT2D eigenvalue weighted by atomic mass is 19.1. The number of aliphatic hydroxyl groups is 1. The average molecular weight is 170 g/mol. The van der Waals surface area contributed by atoms with Crippen molar-refractivity contribution < 1.29 is 14.6 Å². The van der Waals surface area contributed by atoms with Crippen molar-refractivity contribution in [3.63, 3.8) is 0 Å². The molecule has 0 spiro atoms. The average Bonchev–Trinajstić information content (AvgIpc) is 2.05. The molecule has 2 nitrogen and oxygen atoms in total. The maximum absolute atomic E-state index is 13.1. The molecule has 0 aliphatic heterocycles. The van der Waals surface area contributed by atoms with Crippen LogP contribution in [0.2, 0.25) is 0 Å². The van der Waals surface area contributed by atoms with E-state index in [4.69, 9.17) is 5.11 Å². The molecule has 0 saturated heterocycles. The molecule has 0 aliphatic rings. The SMILES string of the molecule is OCCC(F)c1ccccc1O. The summed E-state index contributed by atoms with van der Waals surface area (Å²) in [7, 11) is 0. The molecule has 1 aromatic rings. The van der Waals surface area contributed by atoms with Crippen LogP contribution in [-0.2, 0) is 0 Å². The molecule has 12 heavy (non-hydrogen) atoms. The molecular formula is C9H11FO2. The van der Waals surface area contributed by atoms with Gasteiger partial charge in [0, 0.05) is 18.6 Å². The Balaban J connectivity index is 2.79. The molecular weight excluding hydrogens is 159 g/mol. The van der Waals surface area contributed by atoms with Crippen LogP contribution in [0.3, 0.4) is 0 Å². The van der Waals surface area contributed by atoms with Gasteiger partial charge in [-0.3, -0.25) is 0 Å². The van der Waals surface area contributed by atoms with Gasteiger partial charge in [0.1, 0.15) is 11.9 Å². The van der Waals surface area contributed by atoms with E-state index < -0.39 is 6.17 Å². The molecule has 3 heteroatoms. The topological polar surface area (TPSA) is 40.5 Å². The Hall–Kier alpha value is -1.09. The van der Waals surface area contributed by atoms with Crippen molar-refractivity contribution in [2.45, 2.75) is 12.6 Å². The van der Waals surface area contributed by atoms with Crippen molar-refractivity contribution >= 4 is 0 Å². The van der Waals surface area contributed by atoms with Gasteiger partial charge in [-0.2, -0.15) is 0 Å². The number of phenolic OH excluding ortho intramolecular Hbond substituents is 1. The van der Waals surface area contributed by atoms with Crippen LogP contribution in [0.25, 0.3) is 0 Å². The number of benzene rings is 1. The van der Waals surface area contributed by atoms with Crippen molar-refractivity contribution in [2.75, 3.05) is 6.61 Å². The first-order valence-electron chi connectivity index (χ1n) is 3.78. The molecule has 1 aromatic carbocycles. The summed E-state index contributed by atoms with van der Waals surface area (Å²) in [6.45, 7) is -0.213. The smallest absolute Gasteiger partial charge is 0.131 e. The van der Waals surface area contributed by atoms with Gasteiger partial charge in [-0.1, -0.05) is 18.2 Å². The molecule has 0 heterocycles. The highest BCUT2D eigenvalue weighted by Crippen LogP contribution is 2.28. The van der Waals surface area contributed by atoms with Gasteiger partial charge in [-0.15, -0.1) is 0 Å². The number of phenols is 1. The van der Waals surface area contributed by atoms with E-state index in [1.54, 1.807) is 12.1 Å². The Morgan fingerprint density at radius 1 is 1.33 bits per heavy atom. The van der Waals surface area contributed by atoms with Gasteiger partial charge in [-0.05, 0) is 6.07 Å². The number of hydrogen-bond donors (Lipinski definition) is 2. The number of para-hydroxylation sites is 1. The number of rotatable bonds is 3. The summed E-state index contributed by atoms with van der Waals surface area (Å²) in [5, 5.41) is 17.7. The van der Waals surface area contributed by atoms with Crippen LogP contribution >= 0.6 is 0 Å². The third-order valence-electron chi connectivity index (χ3n) is 1.66. The molecule has 1 unspecified atom stereocenters. The second-order valence-corrected chi connectivity index (χ2v) is 2.54. The third kappa shape index (κ3) is 1.95. The number of hydrogen-bond acceptors (Lipinski definition) is 2. The number of aliphatic hydroxyl groups excluding tert-OH is 1. The van der Waals surface area contributed by atoms with Crippen molar-refractivity contribution in [1.29, 1.82) is 0 Å². The summed E-state index contributed by atoms with van der Waals surface area (Å²) >= 11 is 0. The van der Waals surface area contributed by atoms with E-state index >= 15 is 0 Å². The highest BCUT2D eigenvalue weighted by molar-refractivity contribution is 5.33. The fourth-order valence-corrected chi connectivity index (χ4v) is 1.02. The predicted molar refractivity (Wildman–Crippen MR) is 43.7 cm³/mol. The normalized spacial score (nSPS) is 12.8. The first-order chi connectivity index (χ1) is 5.75. The Kier molecular flexibility index (Phi) is 3.05. The standard InChI is InChI=1S/C9H11FO2/c10-8(5-6-11)7-3-1-2-4-9(7)12/h1-4,8,11-12H,5-6H2. The van der Waals surface area contributed by atoms with E-state index in [9.17, 15) is 9.50 Å². The lowest BCUT2D eigenvalue weighted by atomic mass is 10.1. The summed E-state index contributed by atoms with van der Waals surface area (Å²) in [5.74, 6) is -0.0570. The van der Waals surface area contributed by atoms with Gasteiger partial charge in [-0.25, -0.2) is 4.39 Å². The molecule has 0 aliphatic carbocycles. The Morgan fingerprint density at radius 2 is 2.00 bits per heavy atom. The molecule has 66 valence electrons. The van der Waals surface area contributed by atoms with Crippen LogP contribution < -0.4 is 0 Å². The molecule has 0 radical (unpaired) electrons. The van der Waals surface area contributed by atoms with Crippen LogP contribution in [0, 0.1) is 0 Å². The minimum Gasteiger partial charge on any atom is -0.508 e. The minimum atomic E-state index is -1.28. The second kappa shape index (κ2) is 4.07. The van der Waals surface area contributed by atoms with Gasteiger partial charge < -0.3 is 10.2 Å². The van der Waals surface area contributed by atoms with Crippen molar-refractivity contribution in [1.82, 2.24) is 0 Å². The van der Waals surface area contributed by atoms with Crippen LogP contribution in [0.5, 0.6) is 5.75 Å². The van der Waals surface area contributed by atoms with Crippen molar-refractivity contribution in [3.05, 3.63) is 29.8 Å². The molecule has 0 fully saturated rings.